The highest BCUT2D eigenvalue weighted by Gasteiger charge is 2.17. The second-order valence-electron chi connectivity index (χ2n) is 6.93. The van der Waals surface area contributed by atoms with E-state index in [4.69, 9.17) is 5.11 Å². The molecule has 0 unspecified atom stereocenters. The van der Waals surface area contributed by atoms with Crippen molar-refractivity contribution in [3.8, 4) is 0 Å². The molecule has 1 aromatic heterocycles. The molecule has 30 heavy (non-hydrogen) atoms. The van der Waals surface area contributed by atoms with Gasteiger partial charge in [0.15, 0.2) is 0 Å². The zero-order chi connectivity index (χ0) is 21.1. The molecule has 0 saturated carbocycles. The Bertz CT molecular complexity index is 1260. The van der Waals surface area contributed by atoms with E-state index in [0.29, 0.717) is 22.3 Å². The predicted molar refractivity (Wildman–Crippen MR) is 115 cm³/mol. The summed E-state index contributed by atoms with van der Waals surface area (Å²) in [5.41, 5.74) is 4.05. The molecule has 0 radical (unpaired) electrons. The Hall–Kier alpha value is -4.06. The number of aliphatic carboxylic acids is 1. The van der Waals surface area contributed by atoms with Gasteiger partial charge in [-0.05, 0) is 61.0 Å². The van der Waals surface area contributed by atoms with E-state index in [1.165, 1.54) is 0 Å². The van der Waals surface area contributed by atoms with Crippen molar-refractivity contribution in [1.29, 1.82) is 0 Å². The number of hydrogen-bond acceptors (Lipinski definition) is 4. The van der Waals surface area contributed by atoms with Crippen LogP contribution in [0.4, 0.5) is 11.4 Å². The van der Waals surface area contributed by atoms with Gasteiger partial charge < -0.3 is 5.11 Å². The summed E-state index contributed by atoms with van der Waals surface area (Å²) in [6, 6.07) is 23.6. The number of rotatable bonds is 5. The van der Waals surface area contributed by atoms with E-state index in [9.17, 15) is 9.59 Å². The van der Waals surface area contributed by atoms with Crippen LogP contribution in [0.2, 0.25) is 0 Å². The Morgan fingerprint density at radius 3 is 2.20 bits per heavy atom. The first-order valence-corrected chi connectivity index (χ1v) is 9.46. The number of carboxylic acids is 1. The number of nitrogens with zero attached hydrogens (tertiary/aromatic N) is 3. The van der Waals surface area contributed by atoms with Crippen molar-refractivity contribution in [1.82, 2.24) is 4.57 Å². The summed E-state index contributed by atoms with van der Waals surface area (Å²) < 4.78 is 1.61. The molecular formula is C24H19N3O3. The Morgan fingerprint density at radius 1 is 0.867 bits per heavy atom. The van der Waals surface area contributed by atoms with Gasteiger partial charge in [-0.15, -0.1) is 0 Å². The van der Waals surface area contributed by atoms with Crippen LogP contribution in [0.5, 0.6) is 0 Å². The molecule has 0 fully saturated rings. The molecule has 1 heterocycles. The average molecular weight is 397 g/mol. The first-order valence-electron chi connectivity index (χ1n) is 9.46. The fraction of sp³-hybridized carbons (Fsp3) is 0.0833. The highest BCUT2D eigenvalue weighted by Crippen LogP contribution is 2.26. The van der Waals surface area contributed by atoms with Crippen LogP contribution in [0.3, 0.4) is 0 Å². The summed E-state index contributed by atoms with van der Waals surface area (Å²) in [6.07, 6.45) is -0.0872. The Labute approximate surface area is 173 Å². The molecule has 6 heteroatoms. The maximum Gasteiger partial charge on any atom is 0.307 e. The average Bonchev–Trinajstić information content (AvgIpc) is 3.09. The molecule has 0 atom stereocenters. The zero-order valence-corrected chi connectivity index (χ0v) is 16.3. The minimum Gasteiger partial charge on any atom is -0.481 e. The second-order valence-corrected chi connectivity index (χ2v) is 6.93. The van der Waals surface area contributed by atoms with Crippen molar-refractivity contribution in [2.45, 2.75) is 13.3 Å². The van der Waals surface area contributed by atoms with E-state index in [0.717, 1.165) is 16.8 Å². The Morgan fingerprint density at radius 2 is 1.53 bits per heavy atom. The third-order valence-electron chi connectivity index (χ3n) is 4.82. The molecule has 3 aromatic carbocycles. The maximum atomic E-state index is 13.2. The normalized spacial score (nSPS) is 11.2. The molecule has 0 aliphatic carbocycles. The Kier molecular flexibility index (Phi) is 5.22. The summed E-state index contributed by atoms with van der Waals surface area (Å²) >= 11 is 0. The number of carbonyl (C=O) groups excluding carboxylic acids is 1. The predicted octanol–water partition coefficient (Wildman–Crippen LogP) is 5.68. The molecule has 0 saturated heterocycles. The third kappa shape index (κ3) is 3.89. The van der Waals surface area contributed by atoms with Crippen LogP contribution in [0.25, 0.3) is 10.9 Å². The number of carboxylic acid groups (broad SMARTS) is 1. The van der Waals surface area contributed by atoms with Crippen molar-refractivity contribution in [3.05, 3.63) is 95.7 Å². The maximum absolute atomic E-state index is 13.2. The van der Waals surface area contributed by atoms with Gasteiger partial charge in [-0.2, -0.15) is 10.2 Å². The zero-order valence-electron chi connectivity index (χ0n) is 16.3. The molecular weight excluding hydrogens is 378 g/mol. The first-order chi connectivity index (χ1) is 14.5. The standard InChI is InChI=1S/C24H19N3O3/c1-16-14-21-18(15-23(28)29)6-5-9-22(21)27(16)24(30)17-10-12-20(13-11-17)26-25-19-7-3-2-4-8-19/h2-14H,15H2,1H3,(H,28,29). The molecule has 4 rings (SSSR count). The largest absolute Gasteiger partial charge is 0.481 e. The summed E-state index contributed by atoms with van der Waals surface area (Å²) in [4.78, 5) is 24.3. The Balaban J connectivity index is 1.63. The van der Waals surface area contributed by atoms with Gasteiger partial charge in [-0.3, -0.25) is 14.2 Å². The highest BCUT2D eigenvalue weighted by molar-refractivity contribution is 6.04. The molecule has 0 bridgehead atoms. The van der Waals surface area contributed by atoms with Gasteiger partial charge in [-0.1, -0.05) is 30.3 Å². The van der Waals surface area contributed by atoms with Crippen molar-refractivity contribution in [2.75, 3.05) is 0 Å². The number of fused-ring (bicyclic) bond motifs is 1. The number of aromatic nitrogens is 1. The van der Waals surface area contributed by atoms with E-state index in [1.807, 2.05) is 49.4 Å². The lowest BCUT2D eigenvalue weighted by molar-refractivity contribution is -0.136. The van der Waals surface area contributed by atoms with E-state index >= 15 is 0 Å². The van der Waals surface area contributed by atoms with E-state index < -0.39 is 5.97 Å². The minimum atomic E-state index is -0.903. The number of benzene rings is 3. The molecule has 148 valence electrons. The van der Waals surface area contributed by atoms with Gasteiger partial charge in [-0.25, -0.2) is 0 Å². The minimum absolute atomic E-state index is 0.0872. The van der Waals surface area contributed by atoms with Gasteiger partial charge in [0.25, 0.3) is 5.91 Å². The topological polar surface area (TPSA) is 84.0 Å². The van der Waals surface area contributed by atoms with E-state index in [-0.39, 0.29) is 12.3 Å². The van der Waals surface area contributed by atoms with Gasteiger partial charge >= 0.3 is 5.97 Å². The van der Waals surface area contributed by atoms with Crippen molar-refractivity contribution >= 4 is 34.2 Å². The number of carbonyl (C=O) groups is 2. The van der Waals surface area contributed by atoms with Crippen LogP contribution in [-0.2, 0) is 11.2 Å². The quantitative estimate of drug-likeness (QED) is 0.440. The molecule has 0 aliphatic heterocycles. The molecule has 0 amide bonds. The summed E-state index contributed by atoms with van der Waals surface area (Å²) in [5.74, 6) is -1.08. The lowest BCUT2D eigenvalue weighted by Gasteiger charge is -2.08. The fourth-order valence-electron chi connectivity index (χ4n) is 3.42. The van der Waals surface area contributed by atoms with Crippen LogP contribution >= 0.6 is 0 Å². The second kappa shape index (κ2) is 8.13. The molecule has 1 N–H and O–H groups in total. The first kappa shape index (κ1) is 19.3. The lowest BCUT2D eigenvalue weighted by Crippen LogP contribution is -2.13. The fourth-order valence-corrected chi connectivity index (χ4v) is 3.42. The summed E-state index contributed by atoms with van der Waals surface area (Å²) in [7, 11) is 0. The third-order valence-corrected chi connectivity index (χ3v) is 4.82. The number of azo groups is 1. The molecule has 0 aliphatic rings. The monoisotopic (exact) mass is 397 g/mol. The van der Waals surface area contributed by atoms with Crippen LogP contribution in [-0.4, -0.2) is 21.6 Å². The van der Waals surface area contributed by atoms with Crippen LogP contribution < -0.4 is 0 Å². The van der Waals surface area contributed by atoms with Gasteiger partial charge in [0.2, 0.25) is 0 Å². The van der Waals surface area contributed by atoms with Crippen LogP contribution in [0.1, 0.15) is 21.6 Å². The highest BCUT2D eigenvalue weighted by atomic mass is 16.4. The van der Waals surface area contributed by atoms with Gasteiger partial charge in [0.1, 0.15) is 0 Å². The van der Waals surface area contributed by atoms with Gasteiger partial charge in [0.05, 0.1) is 23.3 Å². The SMILES string of the molecule is Cc1cc2c(CC(=O)O)cccc2n1C(=O)c1ccc(N=Nc2ccccc2)cc1. The molecule has 0 spiro atoms. The number of aryl methyl sites for hydroxylation is 1. The summed E-state index contributed by atoms with van der Waals surface area (Å²) in [6.45, 7) is 1.84. The molecule has 6 nitrogen and oxygen atoms in total. The lowest BCUT2D eigenvalue weighted by atomic mass is 10.1. The van der Waals surface area contributed by atoms with Gasteiger partial charge in [0, 0.05) is 16.6 Å². The van der Waals surface area contributed by atoms with E-state index in [2.05, 4.69) is 10.2 Å². The van der Waals surface area contributed by atoms with Crippen LogP contribution in [0, 0.1) is 6.92 Å². The summed E-state index contributed by atoms with van der Waals surface area (Å²) in [5, 5.41) is 18.3. The van der Waals surface area contributed by atoms with Crippen molar-refractivity contribution in [2.24, 2.45) is 10.2 Å². The smallest absolute Gasteiger partial charge is 0.307 e. The molecule has 4 aromatic rings. The van der Waals surface area contributed by atoms with Crippen molar-refractivity contribution in [3.63, 3.8) is 0 Å². The van der Waals surface area contributed by atoms with Crippen LogP contribution in [0.15, 0.2) is 89.1 Å². The van der Waals surface area contributed by atoms with Crippen molar-refractivity contribution < 1.29 is 14.7 Å². The van der Waals surface area contributed by atoms with E-state index in [1.54, 1.807) is 41.0 Å². The number of hydrogen-bond donors (Lipinski definition) is 1.